The molecule has 0 aromatic heterocycles. The van der Waals surface area contributed by atoms with Gasteiger partial charge in [0.25, 0.3) is 0 Å². The SMILES string of the molecule is CNCCN(C)CC1CC(O)C1. The molecule has 0 heterocycles. The highest BCUT2D eigenvalue weighted by Crippen LogP contribution is 2.27. The summed E-state index contributed by atoms with van der Waals surface area (Å²) in [5.74, 6) is 0.738. The van der Waals surface area contributed by atoms with Crippen LogP contribution in [-0.4, -0.2) is 49.8 Å². The maximum absolute atomic E-state index is 9.08. The standard InChI is InChI=1S/C9H20N2O/c1-10-3-4-11(2)7-8-5-9(12)6-8/h8-10,12H,3-7H2,1-2H3. The lowest BCUT2D eigenvalue weighted by Gasteiger charge is -2.34. The number of hydrogen-bond donors (Lipinski definition) is 2. The van der Waals surface area contributed by atoms with Crippen molar-refractivity contribution in [3.63, 3.8) is 0 Å². The summed E-state index contributed by atoms with van der Waals surface area (Å²) >= 11 is 0. The molecule has 1 aliphatic carbocycles. The third kappa shape index (κ3) is 3.09. The molecule has 0 aliphatic heterocycles. The van der Waals surface area contributed by atoms with Crippen LogP contribution in [0.15, 0.2) is 0 Å². The van der Waals surface area contributed by atoms with Crippen molar-refractivity contribution in [2.75, 3.05) is 33.7 Å². The Hall–Kier alpha value is -0.120. The van der Waals surface area contributed by atoms with Crippen molar-refractivity contribution in [2.45, 2.75) is 18.9 Å². The monoisotopic (exact) mass is 172 g/mol. The fourth-order valence-corrected chi connectivity index (χ4v) is 1.68. The molecule has 12 heavy (non-hydrogen) atoms. The third-order valence-electron chi connectivity index (χ3n) is 2.52. The average Bonchev–Trinajstić information content (AvgIpc) is 1.98. The topological polar surface area (TPSA) is 35.5 Å². The predicted molar refractivity (Wildman–Crippen MR) is 50.2 cm³/mol. The molecule has 0 radical (unpaired) electrons. The fraction of sp³-hybridized carbons (Fsp3) is 1.00. The molecule has 3 heteroatoms. The minimum absolute atomic E-state index is 0.00676. The molecule has 0 saturated heterocycles. The van der Waals surface area contributed by atoms with E-state index >= 15 is 0 Å². The van der Waals surface area contributed by atoms with Gasteiger partial charge in [-0.25, -0.2) is 0 Å². The van der Waals surface area contributed by atoms with Crippen LogP contribution in [0.1, 0.15) is 12.8 Å². The Morgan fingerprint density at radius 3 is 2.67 bits per heavy atom. The fourth-order valence-electron chi connectivity index (χ4n) is 1.68. The molecule has 3 nitrogen and oxygen atoms in total. The molecular weight excluding hydrogens is 152 g/mol. The second-order valence-electron chi connectivity index (χ2n) is 3.86. The van der Waals surface area contributed by atoms with Gasteiger partial charge in [0, 0.05) is 19.6 Å². The first-order chi connectivity index (χ1) is 5.72. The molecule has 1 rings (SSSR count). The molecule has 0 unspecified atom stereocenters. The molecule has 0 aromatic carbocycles. The smallest absolute Gasteiger partial charge is 0.0546 e. The predicted octanol–water partition coefficient (Wildman–Crippen LogP) is -0.0915. The van der Waals surface area contributed by atoms with Gasteiger partial charge >= 0.3 is 0 Å². The molecule has 72 valence electrons. The molecule has 0 spiro atoms. The van der Waals surface area contributed by atoms with Gasteiger partial charge in [-0.1, -0.05) is 0 Å². The van der Waals surface area contributed by atoms with Crippen LogP contribution in [0.2, 0.25) is 0 Å². The van der Waals surface area contributed by atoms with Crippen LogP contribution in [0, 0.1) is 5.92 Å². The first kappa shape index (κ1) is 9.96. The number of likely N-dealkylation sites (N-methyl/N-ethyl adjacent to an activating group) is 2. The normalized spacial score (nSPS) is 29.0. The van der Waals surface area contributed by atoms with Crippen LogP contribution in [0.5, 0.6) is 0 Å². The zero-order valence-electron chi connectivity index (χ0n) is 8.08. The lowest BCUT2D eigenvalue weighted by molar-refractivity contribution is 0.0286. The minimum Gasteiger partial charge on any atom is -0.393 e. The highest BCUT2D eigenvalue weighted by Gasteiger charge is 2.27. The second kappa shape index (κ2) is 4.80. The molecule has 1 saturated carbocycles. The first-order valence-corrected chi connectivity index (χ1v) is 4.73. The van der Waals surface area contributed by atoms with Gasteiger partial charge in [0.2, 0.25) is 0 Å². The van der Waals surface area contributed by atoms with Crippen LogP contribution in [0.25, 0.3) is 0 Å². The molecule has 0 amide bonds. The summed E-state index contributed by atoms with van der Waals surface area (Å²) in [7, 11) is 4.11. The zero-order chi connectivity index (χ0) is 8.97. The van der Waals surface area contributed by atoms with E-state index in [0.29, 0.717) is 0 Å². The van der Waals surface area contributed by atoms with Gasteiger partial charge in [0.05, 0.1) is 6.10 Å². The summed E-state index contributed by atoms with van der Waals surface area (Å²) in [6, 6.07) is 0. The van der Waals surface area contributed by atoms with Gasteiger partial charge in [0.15, 0.2) is 0 Å². The number of nitrogens with one attached hydrogen (secondary N) is 1. The maximum Gasteiger partial charge on any atom is 0.0546 e. The Labute approximate surface area is 74.8 Å². The van der Waals surface area contributed by atoms with Gasteiger partial charge in [-0.3, -0.25) is 0 Å². The van der Waals surface area contributed by atoms with Gasteiger partial charge in [-0.05, 0) is 32.9 Å². The van der Waals surface area contributed by atoms with E-state index in [1.165, 1.54) is 0 Å². The Kier molecular flexibility index (Phi) is 3.98. The summed E-state index contributed by atoms with van der Waals surface area (Å²) in [5, 5.41) is 12.2. The van der Waals surface area contributed by atoms with Crippen molar-refractivity contribution in [1.82, 2.24) is 10.2 Å². The van der Waals surface area contributed by atoms with E-state index in [1.807, 2.05) is 7.05 Å². The summed E-state index contributed by atoms with van der Waals surface area (Å²) < 4.78 is 0. The molecule has 1 aliphatic rings. The summed E-state index contributed by atoms with van der Waals surface area (Å²) in [6.45, 7) is 3.29. The van der Waals surface area contributed by atoms with Crippen LogP contribution in [0.4, 0.5) is 0 Å². The van der Waals surface area contributed by atoms with Crippen LogP contribution in [-0.2, 0) is 0 Å². The molecule has 1 fully saturated rings. The largest absolute Gasteiger partial charge is 0.393 e. The summed E-state index contributed by atoms with van der Waals surface area (Å²) in [5.41, 5.74) is 0. The van der Waals surface area contributed by atoms with E-state index in [-0.39, 0.29) is 6.10 Å². The molecule has 2 N–H and O–H groups in total. The second-order valence-corrected chi connectivity index (χ2v) is 3.86. The molecular formula is C9H20N2O. The Balaban J connectivity index is 1.98. The van der Waals surface area contributed by atoms with E-state index in [9.17, 15) is 0 Å². The van der Waals surface area contributed by atoms with E-state index in [4.69, 9.17) is 5.11 Å². The highest BCUT2D eigenvalue weighted by molar-refractivity contribution is 4.80. The van der Waals surface area contributed by atoms with Crippen molar-refractivity contribution in [2.24, 2.45) is 5.92 Å². The highest BCUT2D eigenvalue weighted by atomic mass is 16.3. The zero-order valence-corrected chi connectivity index (χ0v) is 8.08. The number of hydrogen-bond acceptors (Lipinski definition) is 3. The van der Waals surface area contributed by atoms with E-state index in [2.05, 4.69) is 17.3 Å². The van der Waals surface area contributed by atoms with Crippen LogP contribution < -0.4 is 5.32 Å². The summed E-state index contributed by atoms with van der Waals surface area (Å²) in [4.78, 5) is 2.33. The van der Waals surface area contributed by atoms with Gasteiger partial charge in [0.1, 0.15) is 0 Å². The lowest BCUT2D eigenvalue weighted by Crippen LogP contribution is -2.39. The van der Waals surface area contributed by atoms with Crippen LogP contribution in [0.3, 0.4) is 0 Å². The Morgan fingerprint density at radius 2 is 2.17 bits per heavy atom. The Bertz CT molecular complexity index is 124. The average molecular weight is 172 g/mol. The van der Waals surface area contributed by atoms with E-state index in [1.54, 1.807) is 0 Å². The lowest BCUT2D eigenvalue weighted by atomic mass is 9.82. The van der Waals surface area contributed by atoms with E-state index < -0.39 is 0 Å². The first-order valence-electron chi connectivity index (χ1n) is 4.73. The number of rotatable bonds is 5. The van der Waals surface area contributed by atoms with Gasteiger partial charge in [-0.2, -0.15) is 0 Å². The third-order valence-corrected chi connectivity index (χ3v) is 2.52. The van der Waals surface area contributed by atoms with Crippen molar-refractivity contribution >= 4 is 0 Å². The minimum atomic E-state index is -0.00676. The van der Waals surface area contributed by atoms with Gasteiger partial charge in [-0.15, -0.1) is 0 Å². The van der Waals surface area contributed by atoms with Crippen molar-refractivity contribution in [3.05, 3.63) is 0 Å². The quantitative estimate of drug-likeness (QED) is 0.608. The molecule has 0 aromatic rings. The number of nitrogens with zero attached hydrogens (tertiary/aromatic N) is 1. The number of aliphatic hydroxyl groups excluding tert-OH is 1. The van der Waals surface area contributed by atoms with E-state index in [0.717, 1.165) is 38.4 Å². The summed E-state index contributed by atoms with van der Waals surface area (Å²) in [6.07, 6.45) is 2.00. The van der Waals surface area contributed by atoms with Crippen molar-refractivity contribution in [1.29, 1.82) is 0 Å². The van der Waals surface area contributed by atoms with Gasteiger partial charge < -0.3 is 15.3 Å². The molecule has 0 bridgehead atoms. The van der Waals surface area contributed by atoms with Crippen molar-refractivity contribution < 1.29 is 5.11 Å². The number of aliphatic hydroxyl groups is 1. The maximum atomic E-state index is 9.08. The van der Waals surface area contributed by atoms with Crippen LogP contribution >= 0.6 is 0 Å². The van der Waals surface area contributed by atoms with Crippen molar-refractivity contribution in [3.8, 4) is 0 Å². The molecule has 0 atom stereocenters. The Morgan fingerprint density at radius 1 is 1.50 bits per heavy atom.